The summed E-state index contributed by atoms with van der Waals surface area (Å²) in [4.78, 5) is 17.6. The Labute approximate surface area is 207 Å². The van der Waals surface area contributed by atoms with Gasteiger partial charge in [-0.25, -0.2) is 0 Å². The molecule has 2 heterocycles. The van der Waals surface area contributed by atoms with Gasteiger partial charge in [-0.05, 0) is 63.3 Å². The number of rotatable bonds is 5. The second-order valence-electron chi connectivity index (χ2n) is 11.4. The Morgan fingerprint density at radius 2 is 1.83 bits per heavy atom. The fourth-order valence-corrected chi connectivity index (χ4v) is 7.35. The van der Waals surface area contributed by atoms with E-state index in [2.05, 4.69) is 16.7 Å². The average molecular weight is 489 g/mol. The molecule has 0 unspecified atom stereocenters. The van der Waals surface area contributed by atoms with Crippen molar-refractivity contribution >= 4 is 17.3 Å². The second-order valence-corrected chi connectivity index (χ2v) is 11.4. The average Bonchev–Trinajstić information content (AvgIpc) is 3.12. The highest BCUT2D eigenvalue weighted by molar-refractivity contribution is 5.75. The summed E-state index contributed by atoms with van der Waals surface area (Å²) in [6.45, 7) is 8.04. The fraction of sp³-hybridized carbons (Fsp3) is 0.731. The van der Waals surface area contributed by atoms with E-state index in [1.165, 1.54) is 0 Å². The van der Waals surface area contributed by atoms with Gasteiger partial charge in [0.1, 0.15) is 6.10 Å². The van der Waals surface area contributed by atoms with E-state index in [-0.39, 0.29) is 40.2 Å². The van der Waals surface area contributed by atoms with Gasteiger partial charge in [-0.15, -0.1) is 0 Å². The first-order valence-electron chi connectivity index (χ1n) is 12.8. The molecule has 5 rings (SSSR count). The van der Waals surface area contributed by atoms with Crippen molar-refractivity contribution in [3.05, 3.63) is 29.5 Å². The highest BCUT2D eigenvalue weighted by Gasteiger charge is 2.67. The zero-order valence-corrected chi connectivity index (χ0v) is 21.0. The van der Waals surface area contributed by atoms with Crippen LogP contribution in [-0.2, 0) is 14.3 Å². The number of hydrogen-bond acceptors (Lipinski definition) is 9. The minimum atomic E-state index is -0.987. The van der Waals surface area contributed by atoms with Crippen LogP contribution in [0.15, 0.2) is 24.3 Å². The van der Waals surface area contributed by atoms with Crippen LogP contribution in [0.2, 0.25) is 0 Å². The molecule has 2 N–H and O–H groups in total. The summed E-state index contributed by atoms with van der Waals surface area (Å²) >= 11 is 0. The molecule has 0 aromatic heterocycles. The summed E-state index contributed by atoms with van der Waals surface area (Å²) in [6.07, 6.45) is 3.82. The van der Waals surface area contributed by atoms with E-state index in [4.69, 9.17) is 14.7 Å². The largest absolute Gasteiger partial charge is 0.733 e. The number of methoxy groups -OCH3 is 1. The van der Waals surface area contributed by atoms with Gasteiger partial charge >= 0.3 is 5.97 Å². The summed E-state index contributed by atoms with van der Waals surface area (Å²) in [5.41, 5.74) is -0.733. The van der Waals surface area contributed by atoms with Gasteiger partial charge in [0.2, 0.25) is 0 Å². The van der Waals surface area contributed by atoms with Crippen molar-refractivity contribution in [2.75, 3.05) is 50.0 Å². The molecule has 0 amide bonds. The molecule has 2 saturated carbocycles. The Hall–Kier alpha value is -1.91. The van der Waals surface area contributed by atoms with E-state index < -0.39 is 11.2 Å². The highest BCUT2D eigenvalue weighted by atomic mass is 16.8. The monoisotopic (exact) mass is 488 g/mol. The van der Waals surface area contributed by atoms with Crippen LogP contribution in [0.1, 0.15) is 46.0 Å². The zero-order chi connectivity index (χ0) is 25.0. The van der Waals surface area contributed by atoms with Gasteiger partial charge < -0.3 is 29.9 Å². The summed E-state index contributed by atoms with van der Waals surface area (Å²) in [7, 11) is 1.69. The molecule has 2 saturated heterocycles. The first-order chi connectivity index (χ1) is 16.6. The number of ether oxygens (including phenoxy) is 2. The lowest BCUT2D eigenvalue weighted by atomic mass is 9.49. The molecule has 9 nitrogen and oxygen atoms in total. The van der Waals surface area contributed by atoms with E-state index in [1.54, 1.807) is 19.2 Å². The number of hydrogen-bond donors (Lipinski definition) is 2. The second kappa shape index (κ2) is 8.88. The summed E-state index contributed by atoms with van der Waals surface area (Å²) in [6, 6.07) is 6.87. The minimum Gasteiger partial charge on any atom is -0.733 e. The fourth-order valence-electron chi connectivity index (χ4n) is 7.35. The van der Waals surface area contributed by atoms with Crippen LogP contribution in [0.4, 0.5) is 11.4 Å². The third-order valence-electron chi connectivity index (χ3n) is 9.72. The summed E-state index contributed by atoms with van der Waals surface area (Å²) in [5, 5.41) is 32.0. The number of nitrogens with zero attached hydrogens (tertiary/aromatic N) is 3. The lowest BCUT2D eigenvalue weighted by Crippen LogP contribution is -2.69. The Balaban J connectivity index is 1.25. The maximum Gasteiger partial charge on any atom is 0.310 e. The first-order valence-corrected chi connectivity index (χ1v) is 12.8. The van der Waals surface area contributed by atoms with E-state index in [0.29, 0.717) is 19.4 Å². The van der Waals surface area contributed by atoms with Crippen LogP contribution in [0, 0.1) is 22.5 Å². The van der Waals surface area contributed by atoms with E-state index in [9.17, 15) is 15.1 Å². The predicted molar refractivity (Wildman–Crippen MR) is 131 cm³/mol. The molecular weight excluding hydrogens is 450 g/mol. The molecule has 2 aliphatic carbocycles. The summed E-state index contributed by atoms with van der Waals surface area (Å²) in [5.74, 6) is -0.378. The van der Waals surface area contributed by atoms with Crippen LogP contribution < -0.4 is 10.1 Å². The number of carbonyl (C=O) groups is 1. The third-order valence-corrected chi connectivity index (χ3v) is 9.72. The van der Waals surface area contributed by atoms with Gasteiger partial charge in [0, 0.05) is 56.9 Å². The standard InChI is InChI=1S/C26H38N3O6/c1-24-9-4-10-25(2,34-3)26(24,31)15-20-21(23(30)35-22(20)16-24)17-27-11-13-28(14-12-27)18-5-7-19(8-6-18)29(32)33/h5-8,20-22,31-32H,4,9-17H2,1-3H3/q-1/t20-,21+,22+,24+,25+,26+/m0/s1. The summed E-state index contributed by atoms with van der Waals surface area (Å²) < 4.78 is 11.8. The van der Waals surface area contributed by atoms with Crippen molar-refractivity contribution in [1.29, 1.82) is 0 Å². The smallest absolute Gasteiger partial charge is 0.310 e. The quantitative estimate of drug-likeness (QED) is 0.478. The maximum atomic E-state index is 13.0. The first kappa shape index (κ1) is 24.8. The van der Waals surface area contributed by atoms with Gasteiger partial charge in [-0.2, -0.15) is 0 Å². The van der Waals surface area contributed by atoms with Crippen LogP contribution in [0.25, 0.3) is 0 Å². The molecule has 2 aliphatic heterocycles. The van der Waals surface area contributed by atoms with Crippen LogP contribution >= 0.6 is 0 Å². The van der Waals surface area contributed by atoms with Crippen LogP contribution in [-0.4, -0.2) is 78.3 Å². The van der Waals surface area contributed by atoms with Crippen molar-refractivity contribution in [1.82, 2.24) is 4.90 Å². The number of benzene rings is 1. The van der Waals surface area contributed by atoms with Gasteiger partial charge in [-0.3, -0.25) is 14.9 Å². The Kier molecular flexibility index (Phi) is 6.29. The van der Waals surface area contributed by atoms with Crippen molar-refractivity contribution in [3.63, 3.8) is 0 Å². The Morgan fingerprint density at radius 1 is 1.14 bits per heavy atom. The van der Waals surface area contributed by atoms with E-state index >= 15 is 0 Å². The van der Waals surface area contributed by atoms with Gasteiger partial charge in [0.05, 0.1) is 22.8 Å². The molecule has 0 spiro atoms. The number of piperazine rings is 1. The molecule has 4 aliphatic rings. The molecule has 35 heavy (non-hydrogen) atoms. The number of esters is 1. The van der Waals surface area contributed by atoms with Crippen molar-refractivity contribution in [3.8, 4) is 0 Å². The van der Waals surface area contributed by atoms with Gasteiger partial charge in [-0.1, -0.05) is 6.92 Å². The number of carbonyl (C=O) groups excluding carboxylic acids is 1. The topological polar surface area (TPSA) is 109 Å². The Morgan fingerprint density at radius 3 is 2.46 bits per heavy atom. The highest BCUT2D eigenvalue weighted by Crippen LogP contribution is 2.61. The van der Waals surface area contributed by atoms with E-state index in [1.807, 2.05) is 19.1 Å². The normalized spacial score (nSPS) is 39.7. The molecule has 194 valence electrons. The maximum absolute atomic E-state index is 13.0. The zero-order valence-electron chi connectivity index (χ0n) is 21.0. The number of fused-ring (bicyclic) bond motifs is 2. The molecule has 4 fully saturated rings. The van der Waals surface area contributed by atoms with Crippen LogP contribution in [0.5, 0.6) is 0 Å². The number of aliphatic hydroxyl groups is 1. The van der Waals surface area contributed by atoms with Crippen molar-refractivity contribution in [2.24, 2.45) is 17.3 Å². The number of anilines is 2. The molecular formula is C26H38N3O6-. The van der Waals surface area contributed by atoms with Gasteiger partial charge in [0.25, 0.3) is 0 Å². The molecule has 0 radical (unpaired) electrons. The Bertz CT molecular complexity index is 936. The minimum absolute atomic E-state index is 0.00718. The molecule has 0 bridgehead atoms. The van der Waals surface area contributed by atoms with E-state index in [0.717, 1.165) is 51.1 Å². The third kappa shape index (κ3) is 4.01. The molecule has 9 heteroatoms. The lowest BCUT2D eigenvalue weighted by molar-refractivity contribution is -0.270. The predicted octanol–water partition coefficient (Wildman–Crippen LogP) is 2.78. The van der Waals surface area contributed by atoms with Crippen molar-refractivity contribution < 1.29 is 24.6 Å². The molecule has 1 aromatic carbocycles. The molecule has 6 atom stereocenters. The van der Waals surface area contributed by atoms with Crippen molar-refractivity contribution in [2.45, 2.75) is 63.3 Å². The molecule has 1 aromatic rings. The lowest BCUT2D eigenvalue weighted by Gasteiger charge is -2.62. The SMILES string of the molecule is CO[C@]1(C)CCC[C@]2(C)C[C@H]3OC(=O)[C@H](CN4CCN(c5ccc(N([O-])O)cc5)CC4)[C@@H]3C[C@@]21O. The van der Waals surface area contributed by atoms with Gasteiger partial charge in [0.15, 0.2) is 0 Å². The van der Waals surface area contributed by atoms with Crippen LogP contribution in [0.3, 0.4) is 0 Å².